The number of ketones is 1. The second-order valence-corrected chi connectivity index (χ2v) is 4.22. The highest BCUT2D eigenvalue weighted by Gasteiger charge is 2.11. The van der Waals surface area contributed by atoms with Gasteiger partial charge in [-0.25, -0.2) is 4.68 Å². The van der Waals surface area contributed by atoms with Gasteiger partial charge < -0.3 is 0 Å². The van der Waals surface area contributed by atoms with Crippen molar-refractivity contribution in [2.45, 2.75) is 59.4 Å². The summed E-state index contributed by atoms with van der Waals surface area (Å²) in [5.74, 6) is -0.00488. The molecule has 1 rings (SSSR count). The van der Waals surface area contributed by atoms with Crippen LogP contribution in [0.25, 0.3) is 0 Å². The van der Waals surface area contributed by atoms with Gasteiger partial charge >= 0.3 is 0 Å². The van der Waals surface area contributed by atoms with Gasteiger partial charge in [0.2, 0.25) is 0 Å². The molecule has 0 aliphatic carbocycles. The van der Waals surface area contributed by atoms with Gasteiger partial charge in [0.25, 0.3) is 0 Å². The SMILES string of the molecule is CCCCCCCn1nnc(C(C)=O)c1C. The van der Waals surface area contributed by atoms with Crippen molar-refractivity contribution in [3.8, 4) is 0 Å². The van der Waals surface area contributed by atoms with Gasteiger partial charge in [0.1, 0.15) is 0 Å². The van der Waals surface area contributed by atoms with Gasteiger partial charge in [0.15, 0.2) is 11.5 Å². The minimum Gasteiger partial charge on any atom is -0.293 e. The normalized spacial score (nSPS) is 10.7. The molecule has 90 valence electrons. The van der Waals surface area contributed by atoms with Crippen molar-refractivity contribution < 1.29 is 4.79 Å². The van der Waals surface area contributed by atoms with Gasteiger partial charge in [0, 0.05) is 13.5 Å². The Labute approximate surface area is 97.0 Å². The number of aryl methyl sites for hydroxylation is 1. The number of aromatic nitrogens is 3. The summed E-state index contributed by atoms with van der Waals surface area (Å²) in [6, 6.07) is 0. The Morgan fingerprint density at radius 3 is 2.50 bits per heavy atom. The Kier molecular flexibility index (Phi) is 5.15. The summed E-state index contributed by atoms with van der Waals surface area (Å²) < 4.78 is 1.84. The smallest absolute Gasteiger partial charge is 0.181 e. The average Bonchev–Trinajstić information content (AvgIpc) is 2.60. The molecule has 1 aromatic rings. The number of Topliss-reactive ketones (excluding diaryl/α,β-unsaturated/α-hetero) is 1. The lowest BCUT2D eigenvalue weighted by Gasteiger charge is -2.03. The van der Waals surface area contributed by atoms with Crippen molar-refractivity contribution in [2.24, 2.45) is 0 Å². The Hall–Kier alpha value is -1.19. The van der Waals surface area contributed by atoms with Crippen molar-refractivity contribution in [3.05, 3.63) is 11.4 Å². The fourth-order valence-electron chi connectivity index (χ4n) is 1.76. The van der Waals surface area contributed by atoms with Crippen LogP contribution in [0.15, 0.2) is 0 Å². The second kappa shape index (κ2) is 6.40. The Balaban J connectivity index is 2.40. The van der Waals surface area contributed by atoms with Gasteiger partial charge in [-0.1, -0.05) is 37.8 Å². The molecule has 0 fully saturated rings. The summed E-state index contributed by atoms with van der Waals surface area (Å²) in [6.07, 6.45) is 6.18. The van der Waals surface area contributed by atoms with Crippen molar-refractivity contribution >= 4 is 5.78 Å². The van der Waals surface area contributed by atoms with Crippen LogP contribution < -0.4 is 0 Å². The average molecular weight is 223 g/mol. The first kappa shape index (κ1) is 12.9. The zero-order valence-corrected chi connectivity index (χ0v) is 10.5. The Morgan fingerprint density at radius 1 is 1.25 bits per heavy atom. The molecule has 4 heteroatoms. The first-order valence-electron chi connectivity index (χ1n) is 6.07. The summed E-state index contributed by atoms with van der Waals surface area (Å²) in [7, 11) is 0. The number of unbranched alkanes of at least 4 members (excludes halogenated alkanes) is 4. The number of rotatable bonds is 7. The fraction of sp³-hybridized carbons (Fsp3) is 0.750. The first-order valence-corrected chi connectivity index (χ1v) is 6.07. The van der Waals surface area contributed by atoms with Gasteiger partial charge in [-0.2, -0.15) is 0 Å². The third kappa shape index (κ3) is 3.43. The van der Waals surface area contributed by atoms with Crippen molar-refractivity contribution in [3.63, 3.8) is 0 Å². The van der Waals surface area contributed by atoms with E-state index in [4.69, 9.17) is 0 Å². The molecule has 0 aliphatic rings. The minimum absolute atomic E-state index is 0.00488. The van der Waals surface area contributed by atoms with Gasteiger partial charge in [0.05, 0.1) is 5.69 Å². The van der Waals surface area contributed by atoms with Crippen molar-refractivity contribution in [2.75, 3.05) is 0 Å². The third-order valence-electron chi connectivity index (χ3n) is 2.79. The number of carbonyl (C=O) groups excluding carboxylic acids is 1. The number of carbonyl (C=O) groups is 1. The molecule has 0 saturated carbocycles. The van der Waals surface area contributed by atoms with E-state index < -0.39 is 0 Å². The second-order valence-electron chi connectivity index (χ2n) is 4.22. The predicted molar refractivity (Wildman–Crippen MR) is 63.5 cm³/mol. The first-order chi connectivity index (χ1) is 7.66. The van der Waals surface area contributed by atoms with Crippen LogP contribution in [-0.2, 0) is 6.54 Å². The van der Waals surface area contributed by atoms with E-state index in [1.165, 1.54) is 32.6 Å². The van der Waals surface area contributed by atoms with Crippen LogP contribution in [0.1, 0.15) is 62.1 Å². The molecule has 4 nitrogen and oxygen atoms in total. The van der Waals surface area contributed by atoms with Crippen molar-refractivity contribution in [1.29, 1.82) is 0 Å². The summed E-state index contributed by atoms with van der Waals surface area (Å²) >= 11 is 0. The van der Waals surface area contributed by atoms with E-state index in [1.807, 2.05) is 11.6 Å². The highest BCUT2D eigenvalue weighted by molar-refractivity contribution is 5.92. The van der Waals surface area contributed by atoms with Crippen LogP contribution >= 0.6 is 0 Å². The Morgan fingerprint density at radius 2 is 1.94 bits per heavy atom. The maximum absolute atomic E-state index is 11.2. The third-order valence-corrected chi connectivity index (χ3v) is 2.79. The number of nitrogens with zero attached hydrogens (tertiary/aromatic N) is 3. The predicted octanol–water partition coefficient (Wildman–Crippen LogP) is 2.76. The molecule has 0 aliphatic heterocycles. The summed E-state index contributed by atoms with van der Waals surface area (Å²) in [6.45, 7) is 6.52. The Bertz CT molecular complexity index is 344. The maximum atomic E-state index is 11.2. The molecule has 0 bridgehead atoms. The monoisotopic (exact) mass is 223 g/mol. The van der Waals surface area contributed by atoms with Gasteiger partial charge in [-0.3, -0.25) is 4.79 Å². The molecule has 1 aromatic heterocycles. The zero-order chi connectivity index (χ0) is 12.0. The molecule has 0 radical (unpaired) electrons. The minimum atomic E-state index is -0.00488. The van der Waals surface area contributed by atoms with Gasteiger partial charge in [-0.15, -0.1) is 5.10 Å². The lowest BCUT2D eigenvalue weighted by molar-refractivity contribution is 0.101. The highest BCUT2D eigenvalue weighted by atomic mass is 16.1. The van der Waals surface area contributed by atoms with E-state index in [2.05, 4.69) is 17.2 Å². The van der Waals surface area contributed by atoms with E-state index in [-0.39, 0.29) is 5.78 Å². The molecule has 16 heavy (non-hydrogen) atoms. The highest BCUT2D eigenvalue weighted by Crippen LogP contribution is 2.08. The molecule has 0 unspecified atom stereocenters. The van der Waals surface area contributed by atoms with E-state index in [9.17, 15) is 4.79 Å². The lowest BCUT2D eigenvalue weighted by atomic mass is 10.1. The lowest BCUT2D eigenvalue weighted by Crippen LogP contribution is -2.04. The molecule has 0 atom stereocenters. The molecular weight excluding hydrogens is 202 g/mol. The summed E-state index contributed by atoms with van der Waals surface area (Å²) in [5.41, 5.74) is 1.40. The van der Waals surface area contributed by atoms with Crippen LogP contribution in [-0.4, -0.2) is 20.8 Å². The van der Waals surface area contributed by atoms with E-state index >= 15 is 0 Å². The summed E-state index contributed by atoms with van der Waals surface area (Å²) in [4.78, 5) is 11.2. The van der Waals surface area contributed by atoms with E-state index in [1.54, 1.807) is 0 Å². The molecule has 0 aromatic carbocycles. The van der Waals surface area contributed by atoms with Gasteiger partial charge in [-0.05, 0) is 13.3 Å². The topological polar surface area (TPSA) is 47.8 Å². The van der Waals surface area contributed by atoms with Crippen LogP contribution in [0.2, 0.25) is 0 Å². The maximum Gasteiger partial charge on any atom is 0.181 e. The van der Waals surface area contributed by atoms with Crippen LogP contribution in [0.3, 0.4) is 0 Å². The van der Waals surface area contributed by atoms with Crippen molar-refractivity contribution in [1.82, 2.24) is 15.0 Å². The van der Waals surface area contributed by atoms with E-state index in [0.717, 1.165) is 18.7 Å². The van der Waals surface area contributed by atoms with Crippen LogP contribution in [0.4, 0.5) is 0 Å². The molecular formula is C12H21N3O. The fourth-order valence-corrected chi connectivity index (χ4v) is 1.76. The number of hydrogen-bond donors (Lipinski definition) is 0. The van der Waals surface area contributed by atoms with Crippen LogP contribution in [0, 0.1) is 6.92 Å². The van der Waals surface area contributed by atoms with E-state index in [0.29, 0.717) is 5.69 Å². The molecule has 0 amide bonds. The molecule has 0 spiro atoms. The summed E-state index contributed by atoms with van der Waals surface area (Å²) in [5, 5.41) is 7.89. The largest absolute Gasteiger partial charge is 0.293 e. The number of hydrogen-bond acceptors (Lipinski definition) is 3. The zero-order valence-electron chi connectivity index (χ0n) is 10.5. The van der Waals surface area contributed by atoms with Crippen LogP contribution in [0.5, 0.6) is 0 Å². The standard InChI is InChI=1S/C12H21N3O/c1-4-5-6-7-8-9-15-10(2)12(11(3)16)13-14-15/h4-9H2,1-3H3. The molecule has 0 N–H and O–H groups in total. The molecule has 1 heterocycles. The molecule has 0 saturated heterocycles. The quantitative estimate of drug-likeness (QED) is 0.527.